The predicted octanol–water partition coefficient (Wildman–Crippen LogP) is 4.67. The molecular weight excluding hydrogens is 378 g/mol. The van der Waals surface area contributed by atoms with Crippen molar-refractivity contribution in [2.75, 3.05) is 0 Å². The minimum absolute atomic E-state index is 0.0867. The second kappa shape index (κ2) is 6.20. The first kappa shape index (κ1) is 14.8. The maximum Gasteiger partial charge on any atom is 0.145 e. The van der Waals surface area contributed by atoms with E-state index in [1.54, 1.807) is 12.1 Å². The Bertz CT molecular complexity index is 601. The van der Waals surface area contributed by atoms with Crippen LogP contribution >= 0.6 is 34.2 Å². The van der Waals surface area contributed by atoms with Crippen molar-refractivity contribution in [2.24, 2.45) is 0 Å². The lowest BCUT2D eigenvalue weighted by molar-refractivity contribution is 0.176. The number of hydrogen-bond acceptors (Lipinski definition) is 1. The van der Waals surface area contributed by atoms with Crippen LogP contribution in [0.25, 0.3) is 0 Å². The number of rotatable bonds is 3. The molecule has 0 radical (unpaired) electrons. The Morgan fingerprint density at radius 3 is 2.68 bits per heavy atom. The predicted molar refractivity (Wildman–Crippen MR) is 84.0 cm³/mol. The van der Waals surface area contributed by atoms with Crippen molar-refractivity contribution >= 4 is 34.2 Å². The van der Waals surface area contributed by atoms with E-state index in [1.807, 2.05) is 25.1 Å². The number of benzene rings is 2. The summed E-state index contributed by atoms with van der Waals surface area (Å²) < 4.78 is 14.8. The summed E-state index contributed by atoms with van der Waals surface area (Å²) in [5, 5.41) is 10.4. The van der Waals surface area contributed by atoms with Gasteiger partial charge in [-0.25, -0.2) is 4.39 Å². The van der Waals surface area contributed by atoms with E-state index in [2.05, 4.69) is 22.6 Å². The van der Waals surface area contributed by atoms with E-state index < -0.39 is 11.9 Å². The Morgan fingerprint density at radius 1 is 1.26 bits per heavy atom. The molecule has 0 aliphatic rings. The van der Waals surface area contributed by atoms with E-state index in [1.165, 1.54) is 6.07 Å². The maximum atomic E-state index is 13.8. The highest BCUT2D eigenvalue weighted by Crippen LogP contribution is 2.27. The third-order valence-corrected chi connectivity index (χ3v) is 4.79. The van der Waals surface area contributed by atoms with E-state index in [0.717, 1.165) is 14.7 Å². The van der Waals surface area contributed by atoms with Gasteiger partial charge in [0, 0.05) is 9.99 Å². The van der Waals surface area contributed by atoms with Crippen molar-refractivity contribution in [2.45, 2.75) is 19.4 Å². The van der Waals surface area contributed by atoms with Crippen molar-refractivity contribution in [3.63, 3.8) is 0 Å². The van der Waals surface area contributed by atoms with Gasteiger partial charge >= 0.3 is 0 Å². The van der Waals surface area contributed by atoms with Gasteiger partial charge in [0.15, 0.2) is 0 Å². The van der Waals surface area contributed by atoms with Crippen LogP contribution in [0.4, 0.5) is 4.39 Å². The summed E-state index contributed by atoms with van der Waals surface area (Å²) in [7, 11) is 0. The van der Waals surface area contributed by atoms with Gasteiger partial charge in [0.25, 0.3) is 0 Å². The van der Waals surface area contributed by atoms with Gasteiger partial charge in [-0.15, -0.1) is 0 Å². The van der Waals surface area contributed by atoms with Gasteiger partial charge in [0.1, 0.15) is 5.82 Å². The molecule has 1 atom stereocenters. The Labute approximate surface area is 130 Å². The fraction of sp³-hybridized carbons (Fsp3) is 0.200. The zero-order valence-corrected chi connectivity index (χ0v) is 13.2. The molecular formula is C15H13ClFIO. The van der Waals surface area contributed by atoms with Crippen LogP contribution in [0.15, 0.2) is 36.4 Å². The zero-order chi connectivity index (χ0) is 14.0. The van der Waals surface area contributed by atoms with Crippen LogP contribution in [0.3, 0.4) is 0 Å². The number of aliphatic hydroxyl groups excluding tert-OH is 1. The largest absolute Gasteiger partial charge is 0.388 e. The first-order valence-electron chi connectivity index (χ1n) is 5.86. The van der Waals surface area contributed by atoms with E-state index in [9.17, 15) is 9.50 Å². The van der Waals surface area contributed by atoms with Gasteiger partial charge in [-0.2, -0.15) is 0 Å². The topological polar surface area (TPSA) is 20.2 Å². The smallest absolute Gasteiger partial charge is 0.145 e. The number of halogens is 3. The molecule has 0 fully saturated rings. The van der Waals surface area contributed by atoms with E-state index in [4.69, 9.17) is 11.6 Å². The Kier molecular flexibility index (Phi) is 4.81. The number of hydrogen-bond donors (Lipinski definition) is 1. The molecule has 0 heterocycles. The molecule has 1 nitrogen and oxygen atoms in total. The molecule has 0 saturated heterocycles. The van der Waals surface area contributed by atoms with Crippen LogP contribution in [0, 0.1) is 16.3 Å². The van der Waals surface area contributed by atoms with Crippen molar-refractivity contribution < 1.29 is 9.50 Å². The molecule has 2 rings (SSSR count). The molecule has 0 aliphatic carbocycles. The summed E-state index contributed by atoms with van der Waals surface area (Å²) in [5.74, 6) is -0.453. The highest BCUT2D eigenvalue weighted by Gasteiger charge is 2.16. The van der Waals surface area contributed by atoms with Crippen LogP contribution in [-0.4, -0.2) is 5.11 Å². The van der Waals surface area contributed by atoms with Crippen LogP contribution < -0.4 is 0 Å². The third kappa shape index (κ3) is 3.27. The van der Waals surface area contributed by atoms with Gasteiger partial charge in [-0.05, 0) is 52.3 Å². The quantitative estimate of drug-likeness (QED) is 0.755. The van der Waals surface area contributed by atoms with E-state index in [-0.39, 0.29) is 11.4 Å². The van der Waals surface area contributed by atoms with Gasteiger partial charge in [-0.3, -0.25) is 0 Å². The molecule has 0 spiro atoms. The Hall–Kier alpha value is -0.650. The molecule has 1 unspecified atom stereocenters. The summed E-state index contributed by atoms with van der Waals surface area (Å²) in [6.45, 7) is 1.98. The second-order valence-electron chi connectivity index (χ2n) is 4.41. The van der Waals surface area contributed by atoms with Gasteiger partial charge in [0.2, 0.25) is 0 Å². The van der Waals surface area contributed by atoms with Gasteiger partial charge in [0.05, 0.1) is 11.1 Å². The van der Waals surface area contributed by atoms with Crippen LogP contribution in [0.1, 0.15) is 22.8 Å². The SMILES string of the molecule is Cc1cccc(C(O)Cc2cccc(Cl)c2F)c1I. The molecule has 2 aromatic rings. The van der Waals surface area contributed by atoms with Crippen LogP contribution in [0.2, 0.25) is 5.02 Å². The Morgan fingerprint density at radius 2 is 1.95 bits per heavy atom. The zero-order valence-electron chi connectivity index (χ0n) is 10.3. The summed E-state index contributed by atoms with van der Waals surface area (Å²) in [6.07, 6.45) is -0.522. The van der Waals surface area contributed by atoms with Crippen molar-refractivity contribution in [3.05, 3.63) is 67.5 Å². The van der Waals surface area contributed by atoms with E-state index in [0.29, 0.717) is 5.56 Å². The lowest BCUT2D eigenvalue weighted by atomic mass is 10.00. The average molecular weight is 391 g/mol. The normalized spacial score (nSPS) is 12.5. The molecule has 2 aromatic carbocycles. The monoisotopic (exact) mass is 390 g/mol. The second-order valence-corrected chi connectivity index (χ2v) is 5.90. The molecule has 0 bridgehead atoms. The average Bonchev–Trinajstić information content (AvgIpc) is 2.38. The minimum atomic E-state index is -0.736. The number of aliphatic hydroxyl groups is 1. The molecule has 0 amide bonds. The summed E-state index contributed by atoms with van der Waals surface area (Å²) >= 11 is 7.94. The Balaban J connectivity index is 2.28. The lowest BCUT2D eigenvalue weighted by Gasteiger charge is -2.15. The molecule has 0 aliphatic heterocycles. The molecule has 4 heteroatoms. The molecule has 1 N–H and O–H groups in total. The van der Waals surface area contributed by atoms with Crippen molar-refractivity contribution in [3.8, 4) is 0 Å². The van der Waals surface area contributed by atoms with Gasteiger partial charge < -0.3 is 5.11 Å². The first-order chi connectivity index (χ1) is 9.00. The molecule has 0 saturated carbocycles. The summed E-state index contributed by atoms with van der Waals surface area (Å²) in [4.78, 5) is 0. The fourth-order valence-corrected chi connectivity index (χ4v) is 2.86. The van der Waals surface area contributed by atoms with Crippen molar-refractivity contribution in [1.82, 2.24) is 0 Å². The molecule has 19 heavy (non-hydrogen) atoms. The lowest BCUT2D eigenvalue weighted by Crippen LogP contribution is -2.06. The maximum absolute atomic E-state index is 13.8. The van der Waals surface area contributed by atoms with E-state index >= 15 is 0 Å². The molecule has 100 valence electrons. The fourth-order valence-electron chi connectivity index (χ4n) is 1.95. The highest BCUT2D eigenvalue weighted by atomic mass is 127. The summed E-state index contributed by atoms with van der Waals surface area (Å²) in [6, 6.07) is 10.6. The van der Waals surface area contributed by atoms with Crippen molar-refractivity contribution in [1.29, 1.82) is 0 Å². The van der Waals surface area contributed by atoms with Crippen LogP contribution in [0.5, 0.6) is 0 Å². The summed E-state index contributed by atoms with van der Waals surface area (Å²) in [5.41, 5.74) is 2.35. The minimum Gasteiger partial charge on any atom is -0.388 e. The van der Waals surface area contributed by atoms with Gasteiger partial charge in [-0.1, -0.05) is 41.9 Å². The third-order valence-electron chi connectivity index (χ3n) is 3.03. The standard InChI is InChI=1S/C15H13ClFIO/c1-9-4-2-6-11(15(9)18)13(19)8-10-5-3-7-12(16)14(10)17/h2-7,13,19H,8H2,1H3. The highest BCUT2D eigenvalue weighted by molar-refractivity contribution is 14.1. The first-order valence-corrected chi connectivity index (χ1v) is 7.32. The molecule has 0 aromatic heterocycles. The number of aryl methyl sites for hydroxylation is 1. The van der Waals surface area contributed by atoms with Crippen LogP contribution in [-0.2, 0) is 6.42 Å².